The van der Waals surface area contributed by atoms with Gasteiger partial charge in [-0.25, -0.2) is 13.8 Å². The second-order valence-electron chi connectivity index (χ2n) is 6.41. The van der Waals surface area contributed by atoms with Crippen molar-refractivity contribution in [1.29, 1.82) is 0 Å². The quantitative estimate of drug-likeness (QED) is 0.371. The molecule has 0 spiro atoms. The van der Waals surface area contributed by atoms with Gasteiger partial charge in [-0.15, -0.1) is 18.3 Å². The van der Waals surface area contributed by atoms with Crippen molar-refractivity contribution in [2.75, 3.05) is 0 Å². The van der Waals surface area contributed by atoms with E-state index in [0.29, 0.717) is 11.1 Å². The maximum absolute atomic E-state index is 14.0. The number of benzene rings is 3. The van der Waals surface area contributed by atoms with E-state index in [1.165, 1.54) is 36.5 Å². The Morgan fingerprint density at radius 2 is 1.26 bits per heavy atom. The van der Waals surface area contributed by atoms with Gasteiger partial charge in [-0.05, 0) is 35.4 Å². The molecule has 0 bridgehead atoms. The summed E-state index contributed by atoms with van der Waals surface area (Å²) in [4.78, 5) is 4.21. The molecule has 0 saturated carbocycles. The van der Waals surface area contributed by atoms with E-state index in [4.69, 9.17) is 0 Å². The second kappa shape index (κ2) is 8.10. The molecule has 4 nitrogen and oxygen atoms in total. The van der Waals surface area contributed by atoms with E-state index in [-0.39, 0.29) is 22.8 Å². The van der Waals surface area contributed by atoms with Crippen LogP contribution in [0.15, 0.2) is 72.9 Å². The molecule has 4 rings (SSSR count). The molecular formula is C22H12F5N3O. The first-order valence-corrected chi connectivity index (χ1v) is 8.91. The Morgan fingerprint density at radius 1 is 0.710 bits per heavy atom. The third kappa shape index (κ3) is 4.66. The fraction of sp³-hybridized carbons (Fsp3) is 0.0455. The van der Waals surface area contributed by atoms with Crippen LogP contribution in [0, 0.1) is 11.6 Å². The fourth-order valence-electron chi connectivity index (χ4n) is 2.95. The lowest BCUT2D eigenvalue weighted by Crippen LogP contribution is -2.16. The first-order valence-electron chi connectivity index (χ1n) is 8.91. The molecule has 0 atom stereocenters. The molecule has 0 aliphatic rings. The minimum atomic E-state index is -4.75. The molecule has 3 aromatic carbocycles. The highest BCUT2D eigenvalue weighted by Crippen LogP contribution is 2.29. The number of rotatable bonds is 4. The van der Waals surface area contributed by atoms with Gasteiger partial charge in [-0.3, -0.25) is 0 Å². The lowest BCUT2D eigenvalue weighted by Gasteiger charge is -2.09. The number of nitrogens with zero attached hydrogens (tertiary/aromatic N) is 3. The molecule has 0 radical (unpaired) electrons. The maximum atomic E-state index is 14.0. The van der Waals surface area contributed by atoms with E-state index in [1.54, 1.807) is 24.3 Å². The van der Waals surface area contributed by atoms with Gasteiger partial charge in [-0.1, -0.05) is 42.5 Å². The molecule has 0 aliphatic carbocycles. The highest BCUT2D eigenvalue weighted by Gasteiger charge is 2.30. The van der Waals surface area contributed by atoms with Crippen molar-refractivity contribution in [2.45, 2.75) is 6.36 Å². The smallest absolute Gasteiger partial charge is 0.406 e. The molecule has 156 valence electrons. The third-order valence-electron chi connectivity index (χ3n) is 4.34. The van der Waals surface area contributed by atoms with Crippen molar-refractivity contribution in [3.8, 4) is 39.5 Å². The van der Waals surface area contributed by atoms with Gasteiger partial charge < -0.3 is 4.74 Å². The van der Waals surface area contributed by atoms with Crippen LogP contribution in [0.4, 0.5) is 22.0 Å². The van der Waals surface area contributed by atoms with Crippen molar-refractivity contribution in [3.63, 3.8) is 0 Å². The Hall–Kier alpha value is -3.88. The van der Waals surface area contributed by atoms with Crippen LogP contribution in [-0.2, 0) is 0 Å². The lowest BCUT2D eigenvalue weighted by atomic mass is 10.0. The van der Waals surface area contributed by atoms with Crippen LogP contribution < -0.4 is 4.74 Å². The zero-order valence-corrected chi connectivity index (χ0v) is 15.6. The molecule has 0 saturated heterocycles. The third-order valence-corrected chi connectivity index (χ3v) is 4.34. The first kappa shape index (κ1) is 20.4. The number of ether oxygens (including phenoxy) is 1. The fourth-order valence-corrected chi connectivity index (χ4v) is 2.95. The minimum absolute atomic E-state index is 0.00456. The topological polar surface area (TPSA) is 47.9 Å². The van der Waals surface area contributed by atoms with Crippen molar-refractivity contribution in [3.05, 3.63) is 84.6 Å². The lowest BCUT2D eigenvalue weighted by molar-refractivity contribution is -0.274. The van der Waals surface area contributed by atoms with Gasteiger partial charge in [0.15, 0.2) is 5.82 Å². The van der Waals surface area contributed by atoms with Gasteiger partial charge in [0.1, 0.15) is 17.4 Å². The van der Waals surface area contributed by atoms with Crippen LogP contribution in [0.25, 0.3) is 33.8 Å². The molecular weight excluding hydrogens is 417 g/mol. The summed E-state index contributed by atoms with van der Waals surface area (Å²) in [6, 6.07) is 15.7. The van der Waals surface area contributed by atoms with Crippen LogP contribution in [0.3, 0.4) is 0 Å². The highest BCUT2D eigenvalue weighted by molar-refractivity contribution is 5.69. The molecule has 31 heavy (non-hydrogen) atoms. The number of hydrogen-bond donors (Lipinski definition) is 0. The van der Waals surface area contributed by atoms with E-state index < -0.39 is 18.0 Å². The van der Waals surface area contributed by atoms with Crippen LogP contribution in [0.1, 0.15) is 0 Å². The molecule has 0 amide bonds. The standard InChI is InChI=1S/C22H12F5N3O/c23-17-2-1-3-18(24)20(17)19-12-28-30-21(29-19)15-6-4-13(5-7-15)14-8-10-16(11-9-14)31-22(25,26)27/h1-12H. The normalized spacial score (nSPS) is 11.4. The Balaban J connectivity index is 1.59. The van der Waals surface area contributed by atoms with Crippen molar-refractivity contribution >= 4 is 0 Å². The van der Waals surface area contributed by atoms with Crippen molar-refractivity contribution in [2.24, 2.45) is 0 Å². The zero-order valence-electron chi connectivity index (χ0n) is 15.6. The summed E-state index contributed by atoms with van der Waals surface area (Å²) in [7, 11) is 0. The second-order valence-corrected chi connectivity index (χ2v) is 6.41. The number of hydrogen-bond acceptors (Lipinski definition) is 4. The average molecular weight is 429 g/mol. The van der Waals surface area contributed by atoms with Gasteiger partial charge in [0, 0.05) is 5.56 Å². The van der Waals surface area contributed by atoms with E-state index in [2.05, 4.69) is 19.9 Å². The average Bonchev–Trinajstić information content (AvgIpc) is 2.73. The maximum Gasteiger partial charge on any atom is 0.573 e. The summed E-state index contributed by atoms with van der Waals surface area (Å²) in [5.74, 6) is -1.68. The minimum Gasteiger partial charge on any atom is -0.406 e. The van der Waals surface area contributed by atoms with Crippen molar-refractivity contribution < 1.29 is 26.7 Å². The van der Waals surface area contributed by atoms with E-state index in [0.717, 1.165) is 17.7 Å². The van der Waals surface area contributed by atoms with Crippen molar-refractivity contribution in [1.82, 2.24) is 15.2 Å². The monoisotopic (exact) mass is 429 g/mol. The Labute approximate surface area is 173 Å². The molecule has 4 aromatic rings. The Morgan fingerprint density at radius 3 is 1.84 bits per heavy atom. The number of halogens is 5. The van der Waals surface area contributed by atoms with Gasteiger partial charge in [-0.2, -0.15) is 5.10 Å². The summed E-state index contributed by atoms with van der Waals surface area (Å²) in [6.07, 6.45) is -3.58. The molecule has 0 aliphatic heterocycles. The summed E-state index contributed by atoms with van der Waals surface area (Å²) in [6.45, 7) is 0. The molecule has 1 aromatic heterocycles. The summed E-state index contributed by atoms with van der Waals surface area (Å²) in [5.41, 5.74) is 1.65. The predicted molar refractivity (Wildman–Crippen MR) is 103 cm³/mol. The SMILES string of the molecule is Fc1cccc(F)c1-c1cnnc(-c2ccc(-c3ccc(OC(F)(F)F)cc3)cc2)n1. The Bertz CT molecular complexity index is 1190. The first-order chi connectivity index (χ1) is 14.8. The van der Waals surface area contributed by atoms with Crippen LogP contribution in [0.5, 0.6) is 5.75 Å². The van der Waals surface area contributed by atoms with Crippen LogP contribution in [0.2, 0.25) is 0 Å². The van der Waals surface area contributed by atoms with Crippen LogP contribution in [-0.4, -0.2) is 21.5 Å². The van der Waals surface area contributed by atoms with Gasteiger partial charge in [0.25, 0.3) is 0 Å². The van der Waals surface area contributed by atoms with E-state index >= 15 is 0 Å². The van der Waals surface area contributed by atoms with Crippen LogP contribution >= 0.6 is 0 Å². The molecule has 0 N–H and O–H groups in total. The number of aromatic nitrogens is 3. The van der Waals surface area contributed by atoms with E-state index in [9.17, 15) is 22.0 Å². The number of alkyl halides is 3. The predicted octanol–water partition coefficient (Wildman–Crippen LogP) is 6.05. The summed E-state index contributed by atoms with van der Waals surface area (Å²) in [5, 5.41) is 7.70. The molecule has 0 fully saturated rings. The molecule has 1 heterocycles. The zero-order chi connectivity index (χ0) is 22.0. The highest BCUT2D eigenvalue weighted by atomic mass is 19.4. The Kier molecular flexibility index (Phi) is 5.33. The summed E-state index contributed by atoms with van der Waals surface area (Å²) < 4.78 is 68.7. The van der Waals surface area contributed by atoms with Gasteiger partial charge in [0.2, 0.25) is 0 Å². The van der Waals surface area contributed by atoms with Gasteiger partial charge >= 0.3 is 6.36 Å². The molecule has 0 unspecified atom stereocenters. The van der Waals surface area contributed by atoms with E-state index in [1.807, 2.05) is 0 Å². The summed E-state index contributed by atoms with van der Waals surface area (Å²) >= 11 is 0. The molecule has 9 heteroatoms. The van der Waals surface area contributed by atoms with Gasteiger partial charge in [0.05, 0.1) is 17.5 Å². The largest absolute Gasteiger partial charge is 0.573 e.